The van der Waals surface area contributed by atoms with Gasteiger partial charge in [0.05, 0.1) is 5.69 Å². The van der Waals surface area contributed by atoms with Gasteiger partial charge in [0.1, 0.15) is 5.69 Å². The van der Waals surface area contributed by atoms with Gasteiger partial charge in [-0.1, -0.05) is 6.07 Å². The molecular weight excluding hydrogens is 264 g/mol. The van der Waals surface area contributed by atoms with Gasteiger partial charge < -0.3 is 9.47 Å². The van der Waals surface area contributed by atoms with E-state index in [0.717, 1.165) is 44.1 Å². The first-order valence-corrected chi connectivity index (χ1v) is 7.27. The Labute approximate surface area is 124 Å². The molecule has 1 aliphatic heterocycles. The molecule has 3 rings (SSSR count). The molecule has 1 aliphatic rings. The maximum absolute atomic E-state index is 12.4. The van der Waals surface area contributed by atoms with Crippen LogP contribution >= 0.6 is 0 Å². The monoisotopic (exact) mass is 284 g/mol. The molecule has 0 radical (unpaired) electrons. The Morgan fingerprint density at radius 1 is 1.14 bits per heavy atom. The van der Waals surface area contributed by atoms with Crippen LogP contribution in [0.15, 0.2) is 42.7 Å². The van der Waals surface area contributed by atoms with E-state index in [4.69, 9.17) is 0 Å². The van der Waals surface area contributed by atoms with E-state index in [0.29, 0.717) is 0 Å². The maximum Gasteiger partial charge on any atom is 0.270 e. The molecule has 110 valence electrons. The number of carbonyl (C=O) groups excluding carboxylic acids is 1. The third-order valence-electron chi connectivity index (χ3n) is 3.93. The summed E-state index contributed by atoms with van der Waals surface area (Å²) in [6, 6.07) is 9.77. The van der Waals surface area contributed by atoms with E-state index in [9.17, 15) is 4.79 Å². The van der Waals surface area contributed by atoms with Crippen molar-refractivity contribution >= 4 is 5.91 Å². The molecule has 1 amide bonds. The fraction of sp³-hybridized carbons (Fsp3) is 0.375. The van der Waals surface area contributed by atoms with Gasteiger partial charge >= 0.3 is 0 Å². The zero-order chi connectivity index (χ0) is 14.7. The van der Waals surface area contributed by atoms with Gasteiger partial charge in [0.2, 0.25) is 0 Å². The molecule has 3 heterocycles. The second-order valence-electron chi connectivity index (χ2n) is 5.39. The number of hydrogen-bond donors (Lipinski definition) is 0. The number of amides is 1. The van der Waals surface area contributed by atoms with Crippen molar-refractivity contribution in [3.8, 4) is 0 Å². The van der Waals surface area contributed by atoms with E-state index in [2.05, 4.69) is 9.88 Å². The van der Waals surface area contributed by atoms with Crippen molar-refractivity contribution in [1.82, 2.24) is 19.4 Å². The molecule has 0 bridgehead atoms. The second kappa shape index (κ2) is 6.10. The highest BCUT2D eigenvalue weighted by molar-refractivity contribution is 5.92. The van der Waals surface area contributed by atoms with Gasteiger partial charge in [-0.3, -0.25) is 14.7 Å². The van der Waals surface area contributed by atoms with E-state index >= 15 is 0 Å². The highest BCUT2D eigenvalue weighted by atomic mass is 16.2. The van der Waals surface area contributed by atoms with E-state index in [-0.39, 0.29) is 5.91 Å². The summed E-state index contributed by atoms with van der Waals surface area (Å²) in [5.74, 6) is 0.125. The van der Waals surface area contributed by atoms with Crippen molar-refractivity contribution < 1.29 is 4.79 Å². The summed E-state index contributed by atoms with van der Waals surface area (Å²) >= 11 is 0. The standard InChI is InChI=1S/C16H20N4O/c1-18-8-4-6-15(18)16(21)20-11-9-19(10-12-20)13-14-5-2-3-7-17-14/h2-8H,9-13H2,1H3. The second-order valence-corrected chi connectivity index (χ2v) is 5.39. The molecule has 0 atom stereocenters. The van der Waals surface area contributed by atoms with Crippen LogP contribution in [0.4, 0.5) is 0 Å². The molecular formula is C16H20N4O. The number of rotatable bonds is 3. The Hall–Kier alpha value is -2.14. The molecule has 2 aromatic rings. The van der Waals surface area contributed by atoms with Crippen LogP contribution in [-0.4, -0.2) is 51.4 Å². The normalized spacial score (nSPS) is 16.1. The average Bonchev–Trinajstić information content (AvgIpc) is 2.94. The van der Waals surface area contributed by atoms with Crippen molar-refractivity contribution in [2.45, 2.75) is 6.54 Å². The average molecular weight is 284 g/mol. The van der Waals surface area contributed by atoms with Gasteiger partial charge in [0, 0.05) is 52.2 Å². The van der Waals surface area contributed by atoms with E-state index in [1.54, 1.807) is 0 Å². The predicted octanol–water partition coefficient (Wildman–Crippen LogP) is 1.38. The SMILES string of the molecule is Cn1cccc1C(=O)N1CCN(Cc2ccccn2)CC1. The van der Waals surface area contributed by atoms with Crippen LogP contribution in [0.1, 0.15) is 16.2 Å². The summed E-state index contributed by atoms with van der Waals surface area (Å²) in [5, 5.41) is 0. The fourth-order valence-corrected chi connectivity index (χ4v) is 2.68. The number of nitrogens with zero attached hydrogens (tertiary/aromatic N) is 4. The van der Waals surface area contributed by atoms with Crippen molar-refractivity contribution in [1.29, 1.82) is 0 Å². The Morgan fingerprint density at radius 2 is 1.95 bits per heavy atom. The zero-order valence-corrected chi connectivity index (χ0v) is 12.3. The topological polar surface area (TPSA) is 41.4 Å². The first kappa shape index (κ1) is 13.8. The smallest absolute Gasteiger partial charge is 0.270 e. The lowest BCUT2D eigenvalue weighted by Gasteiger charge is -2.34. The molecule has 5 nitrogen and oxygen atoms in total. The van der Waals surface area contributed by atoms with Crippen LogP contribution in [0.2, 0.25) is 0 Å². The molecule has 0 aliphatic carbocycles. The van der Waals surface area contributed by atoms with Crippen molar-refractivity contribution in [2.24, 2.45) is 7.05 Å². The third-order valence-corrected chi connectivity index (χ3v) is 3.93. The van der Waals surface area contributed by atoms with E-state index < -0.39 is 0 Å². The minimum atomic E-state index is 0.125. The Balaban J connectivity index is 1.56. The van der Waals surface area contributed by atoms with Gasteiger partial charge in [-0.15, -0.1) is 0 Å². The lowest BCUT2D eigenvalue weighted by Crippen LogP contribution is -2.48. The molecule has 1 saturated heterocycles. The molecule has 5 heteroatoms. The van der Waals surface area contributed by atoms with Crippen LogP contribution in [0.3, 0.4) is 0 Å². The molecule has 2 aromatic heterocycles. The number of aromatic nitrogens is 2. The number of carbonyl (C=O) groups is 1. The lowest BCUT2D eigenvalue weighted by atomic mass is 10.2. The molecule has 21 heavy (non-hydrogen) atoms. The van der Waals surface area contributed by atoms with Crippen LogP contribution in [0.5, 0.6) is 0 Å². The van der Waals surface area contributed by atoms with Gasteiger partial charge in [-0.2, -0.15) is 0 Å². The summed E-state index contributed by atoms with van der Waals surface area (Å²) in [6.45, 7) is 4.19. The van der Waals surface area contributed by atoms with E-state index in [1.807, 2.05) is 59.2 Å². The van der Waals surface area contributed by atoms with Crippen molar-refractivity contribution in [2.75, 3.05) is 26.2 Å². The number of piperazine rings is 1. The minimum Gasteiger partial charge on any atom is -0.347 e. The van der Waals surface area contributed by atoms with Crippen LogP contribution in [0.25, 0.3) is 0 Å². The summed E-state index contributed by atoms with van der Waals surface area (Å²) in [7, 11) is 1.91. The first-order chi connectivity index (χ1) is 10.2. The Morgan fingerprint density at radius 3 is 2.57 bits per heavy atom. The van der Waals surface area contributed by atoms with Crippen LogP contribution in [0, 0.1) is 0 Å². The summed E-state index contributed by atoms with van der Waals surface area (Å²) in [4.78, 5) is 21.1. The highest BCUT2D eigenvalue weighted by Gasteiger charge is 2.23. The van der Waals surface area contributed by atoms with Crippen LogP contribution < -0.4 is 0 Å². The first-order valence-electron chi connectivity index (χ1n) is 7.27. The van der Waals surface area contributed by atoms with Gasteiger partial charge in [-0.05, 0) is 24.3 Å². The van der Waals surface area contributed by atoms with Gasteiger partial charge in [0.25, 0.3) is 5.91 Å². The minimum absolute atomic E-state index is 0.125. The molecule has 0 spiro atoms. The molecule has 1 fully saturated rings. The number of hydrogen-bond acceptors (Lipinski definition) is 3. The maximum atomic E-state index is 12.4. The summed E-state index contributed by atoms with van der Waals surface area (Å²) in [5.41, 5.74) is 1.84. The highest BCUT2D eigenvalue weighted by Crippen LogP contribution is 2.10. The summed E-state index contributed by atoms with van der Waals surface area (Å²) < 4.78 is 1.88. The Kier molecular flexibility index (Phi) is 4.01. The largest absolute Gasteiger partial charge is 0.347 e. The molecule has 0 saturated carbocycles. The summed E-state index contributed by atoms with van der Waals surface area (Å²) in [6.07, 6.45) is 3.73. The lowest BCUT2D eigenvalue weighted by molar-refractivity contribution is 0.0618. The van der Waals surface area contributed by atoms with E-state index in [1.165, 1.54) is 0 Å². The van der Waals surface area contributed by atoms with Crippen LogP contribution in [-0.2, 0) is 13.6 Å². The van der Waals surface area contributed by atoms with Gasteiger partial charge in [0.15, 0.2) is 0 Å². The fourth-order valence-electron chi connectivity index (χ4n) is 2.68. The predicted molar refractivity (Wildman–Crippen MR) is 80.8 cm³/mol. The third kappa shape index (κ3) is 3.13. The quantitative estimate of drug-likeness (QED) is 0.855. The zero-order valence-electron chi connectivity index (χ0n) is 12.3. The number of aryl methyl sites for hydroxylation is 1. The van der Waals surface area contributed by atoms with Crippen molar-refractivity contribution in [3.63, 3.8) is 0 Å². The molecule has 0 unspecified atom stereocenters. The molecule has 0 aromatic carbocycles. The number of pyridine rings is 1. The van der Waals surface area contributed by atoms with Gasteiger partial charge in [-0.25, -0.2) is 0 Å². The molecule has 0 N–H and O–H groups in total. The Bertz CT molecular complexity index is 600. The van der Waals surface area contributed by atoms with Crippen molar-refractivity contribution in [3.05, 3.63) is 54.1 Å².